The highest BCUT2D eigenvalue weighted by Gasteiger charge is 2.10. The largest absolute Gasteiger partial charge is 0.355 e. The van der Waals surface area contributed by atoms with Gasteiger partial charge in [0.15, 0.2) is 0 Å². The molecule has 16 heavy (non-hydrogen) atoms. The zero-order valence-corrected chi connectivity index (χ0v) is 9.74. The number of rotatable bonds is 3. The Morgan fingerprint density at radius 2 is 2.38 bits per heavy atom. The second-order valence-corrected chi connectivity index (χ2v) is 3.86. The van der Waals surface area contributed by atoms with E-state index in [-0.39, 0.29) is 0 Å². The third kappa shape index (κ3) is 2.82. The topological polar surface area (TPSA) is 53.1 Å². The Balaban J connectivity index is 2.08. The van der Waals surface area contributed by atoms with Crippen molar-refractivity contribution in [1.29, 1.82) is 0 Å². The summed E-state index contributed by atoms with van der Waals surface area (Å²) < 4.78 is 0. The maximum atomic E-state index is 4.50. The molecule has 0 spiro atoms. The van der Waals surface area contributed by atoms with E-state index >= 15 is 0 Å². The zero-order valence-electron chi connectivity index (χ0n) is 9.74. The van der Waals surface area contributed by atoms with Crippen LogP contribution in [-0.4, -0.2) is 42.7 Å². The SMILES string of the molecule is CCNc1nccc(N2CCCNCC2)n1. The number of anilines is 2. The minimum atomic E-state index is 0.720. The lowest BCUT2D eigenvalue weighted by Gasteiger charge is -2.21. The van der Waals surface area contributed by atoms with Gasteiger partial charge in [0.1, 0.15) is 5.82 Å². The normalized spacial score (nSPS) is 16.9. The van der Waals surface area contributed by atoms with Gasteiger partial charge in [0.05, 0.1) is 0 Å². The standard InChI is InChI=1S/C11H19N5/c1-2-13-11-14-6-4-10(15-11)16-8-3-5-12-7-9-16/h4,6,12H,2-3,5,7-9H2,1H3,(H,13,14,15). The maximum absolute atomic E-state index is 4.50. The van der Waals surface area contributed by atoms with E-state index in [1.54, 1.807) is 0 Å². The summed E-state index contributed by atoms with van der Waals surface area (Å²) in [6.45, 7) is 7.11. The van der Waals surface area contributed by atoms with Crippen molar-refractivity contribution in [3.05, 3.63) is 12.3 Å². The molecule has 0 radical (unpaired) electrons. The van der Waals surface area contributed by atoms with Crippen molar-refractivity contribution in [2.24, 2.45) is 0 Å². The van der Waals surface area contributed by atoms with E-state index in [4.69, 9.17) is 0 Å². The Hall–Kier alpha value is -1.36. The molecule has 0 saturated carbocycles. The first-order chi connectivity index (χ1) is 7.90. The van der Waals surface area contributed by atoms with Crippen LogP contribution in [0.4, 0.5) is 11.8 Å². The Morgan fingerprint density at radius 3 is 3.25 bits per heavy atom. The lowest BCUT2D eigenvalue weighted by atomic mass is 10.4. The van der Waals surface area contributed by atoms with Crippen LogP contribution in [-0.2, 0) is 0 Å². The first kappa shape index (κ1) is 11.1. The molecule has 5 nitrogen and oxygen atoms in total. The van der Waals surface area contributed by atoms with Gasteiger partial charge in [-0.15, -0.1) is 0 Å². The predicted octanol–water partition coefficient (Wildman–Crippen LogP) is 0.708. The summed E-state index contributed by atoms with van der Waals surface area (Å²) in [5.41, 5.74) is 0. The first-order valence-electron chi connectivity index (χ1n) is 5.92. The zero-order chi connectivity index (χ0) is 11.2. The molecular weight excluding hydrogens is 202 g/mol. The van der Waals surface area contributed by atoms with Crippen LogP contribution in [0.3, 0.4) is 0 Å². The van der Waals surface area contributed by atoms with Gasteiger partial charge in [-0.1, -0.05) is 0 Å². The minimum absolute atomic E-state index is 0.720. The molecule has 0 aliphatic carbocycles. The quantitative estimate of drug-likeness (QED) is 0.787. The molecule has 1 aliphatic heterocycles. The van der Waals surface area contributed by atoms with Crippen molar-refractivity contribution in [2.45, 2.75) is 13.3 Å². The van der Waals surface area contributed by atoms with E-state index in [0.717, 1.165) is 44.5 Å². The molecule has 88 valence electrons. The van der Waals surface area contributed by atoms with E-state index in [1.807, 2.05) is 19.2 Å². The van der Waals surface area contributed by atoms with Gasteiger partial charge >= 0.3 is 0 Å². The van der Waals surface area contributed by atoms with E-state index in [1.165, 1.54) is 6.42 Å². The molecule has 0 unspecified atom stereocenters. The molecule has 0 aromatic carbocycles. The summed E-state index contributed by atoms with van der Waals surface area (Å²) in [5.74, 6) is 1.74. The second kappa shape index (κ2) is 5.65. The minimum Gasteiger partial charge on any atom is -0.355 e. The average Bonchev–Trinajstić information content (AvgIpc) is 2.58. The summed E-state index contributed by atoms with van der Waals surface area (Å²) in [5, 5.41) is 6.52. The fourth-order valence-corrected chi connectivity index (χ4v) is 1.84. The molecule has 0 atom stereocenters. The predicted molar refractivity (Wildman–Crippen MR) is 65.9 cm³/mol. The van der Waals surface area contributed by atoms with Crippen LogP contribution in [0.1, 0.15) is 13.3 Å². The fourth-order valence-electron chi connectivity index (χ4n) is 1.84. The van der Waals surface area contributed by atoms with Crippen LogP contribution in [0.2, 0.25) is 0 Å². The van der Waals surface area contributed by atoms with E-state index in [9.17, 15) is 0 Å². The molecule has 2 rings (SSSR count). The number of hydrogen-bond acceptors (Lipinski definition) is 5. The molecule has 2 N–H and O–H groups in total. The highest BCUT2D eigenvalue weighted by atomic mass is 15.2. The Kier molecular flexibility index (Phi) is 3.93. The smallest absolute Gasteiger partial charge is 0.224 e. The highest BCUT2D eigenvalue weighted by molar-refractivity contribution is 5.42. The van der Waals surface area contributed by atoms with Crippen LogP contribution in [0.25, 0.3) is 0 Å². The van der Waals surface area contributed by atoms with Gasteiger partial charge in [0.25, 0.3) is 0 Å². The number of nitrogens with one attached hydrogen (secondary N) is 2. The van der Waals surface area contributed by atoms with Crippen molar-refractivity contribution in [3.63, 3.8) is 0 Å². The molecular formula is C11H19N5. The van der Waals surface area contributed by atoms with Crippen molar-refractivity contribution in [2.75, 3.05) is 42.9 Å². The van der Waals surface area contributed by atoms with Gasteiger partial charge < -0.3 is 15.5 Å². The molecule has 1 saturated heterocycles. The summed E-state index contributed by atoms with van der Waals surface area (Å²) >= 11 is 0. The Bertz CT molecular complexity index is 320. The van der Waals surface area contributed by atoms with Crippen molar-refractivity contribution in [1.82, 2.24) is 15.3 Å². The molecule has 1 aliphatic rings. The lowest BCUT2D eigenvalue weighted by Crippen LogP contribution is -2.28. The van der Waals surface area contributed by atoms with Crippen molar-refractivity contribution >= 4 is 11.8 Å². The van der Waals surface area contributed by atoms with Crippen LogP contribution < -0.4 is 15.5 Å². The van der Waals surface area contributed by atoms with Crippen LogP contribution in [0.15, 0.2) is 12.3 Å². The van der Waals surface area contributed by atoms with E-state index < -0.39 is 0 Å². The lowest BCUT2D eigenvalue weighted by molar-refractivity contribution is 0.724. The molecule has 1 aromatic rings. The van der Waals surface area contributed by atoms with Gasteiger partial charge in [-0.25, -0.2) is 4.98 Å². The highest BCUT2D eigenvalue weighted by Crippen LogP contribution is 2.12. The van der Waals surface area contributed by atoms with Crippen molar-refractivity contribution in [3.8, 4) is 0 Å². The molecule has 0 bridgehead atoms. The van der Waals surface area contributed by atoms with Gasteiger partial charge in [0, 0.05) is 32.4 Å². The molecule has 1 fully saturated rings. The maximum Gasteiger partial charge on any atom is 0.224 e. The Morgan fingerprint density at radius 1 is 1.44 bits per heavy atom. The van der Waals surface area contributed by atoms with Gasteiger partial charge in [-0.05, 0) is 26.0 Å². The van der Waals surface area contributed by atoms with Gasteiger partial charge in [0.2, 0.25) is 5.95 Å². The second-order valence-electron chi connectivity index (χ2n) is 3.86. The third-order valence-corrected chi connectivity index (χ3v) is 2.64. The number of hydrogen-bond donors (Lipinski definition) is 2. The van der Waals surface area contributed by atoms with E-state index in [2.05, 4.69) is 25.5 Å². The summed E-state index contributed by atoms with van der Waals surface area (Å²) in [6.07, 6.45) is 2.99. The van der Waals surface area contributed by atoms with Gasteiger partial charge in [-0.3, -0.25) is 0 Å². The fraction of sp³-hybridized carbons (Fsp3) is 0.636. The summed E-state index contributed by atoms with van der Waals surface area (Å²) in [7, 11) is 0. The van der Waals surface area contributed by atoms with Crippen LogP contribution in [0, 0.1) is 0 Å². The molecule has 5 heteroatoms. The van der Waals surface area contributed by atoms with Crippen LogP contribution >= 0.6 is 0 Å². The summed E-state index contributed by atoms with van der Waals surface area (Å²) in [6, 6.07) is 1.98. The average molecular weight is 221 g/mol. The van der Waals surface area contributed by atoms with Crippen LogP contribution in [0.5, 0.6) is 0 Å². The monoisotopic (exact) mass is 221 g/mol. The Labute approximate surface area is 96.3 Å². The number of nitrogens with zero attached hydrogens (tertiary/aromatic N) is 3. The first-order valence-corrected chi connectivity index (χ1v) is 5.92. The molecule has 1 aromatic heterocycles. The molecule has 0 amide bonds. The van der Waals surface area contributed by atoms with E-state index in [0.29, 0.717) is 0 Å². The van der Waals surface area contributed by atoms with Gasteiger partial charge in [-0.2, -0.15) is 4.98 Å². The molecule has 2 heterocycles. The van der Waals surface area contributed by atoms with Crippen molar-refractivity contribution < 1.29 is 0 Å². The number of aromatic nitrogens is 2. The summed E-state index contributed by atoms with van der Waals surface area (Å²) in [4.78, 5) is 11.0. The third-order valence-electron chi connectivity index (χ3n) is 2.64.